The third kappa shape index (κ3) is 5.76. The average molecular weight is 440 g/mol. The fraction of sp³-hybridized carbons (Fsp3) is 0.130. The zero-order chi connectivity index (χ0) is 22.6. The van der Waals surface area contributed by atoms with Crippen LogP contribution >= 0.6 is 0 Å². The van der Waals surface area contributed by atoms with Crippen LogP contribution in [0.2, 0.25) is 0 Å². The van der Waals surface area contributed by atoms with Gasteiger partial charge < -0.3 is 10.6 Å². The maximum absolute atomic E-state index is 13.0. The standard InChI is InChI=1S/C23H21FN2O4S/c1-15(25-23(28)18-4-3-5-21(14-18)31(2,29)30)16-8-12-20(13-9-16)26-22(27)17-6-10-19(24)11-7-17/h3-15H,1-2H3,(H,25,28)(H,26,27). The van der Waals surface area contributed by atoms with E-state index in [1.807, 2.05) is 0 Å². The Labute approximate surface area is 180 Å². The highest BCUT2D eigenvalue weighted by Gasteiger charge is 2.15. The Bertz CT molecular complexity index is 1210. The Morgan fingerprint density at radius 3 is 2.13 bits per heavy atom. The van der Waals surface area contributed by atoms with E-state index in [9.17, 15) is 22.4 Å². The Balaban J connectivity index is 1.65. The molecule has 0 aromatic heterocycles. The minimum absolute atomic E-state index is 0.0778. The molecule has 1 unspecified atom stereocenters. The molecule has 0 heterocycles. The number of anilines is 1. The van der Waals surface area contributed by atoms with Crippen LogP contribution in [0.1, 0.15) is 39.2 Å². The molecule has 0 saturated heterocycles. The van der Waals surface area contributed by atoms with Crippen LogP contribution in [0.5, 0.6) is 0 Å². The molecule has 6 nitrogen and oxygen atoms in total. The number of amides is 2. The van der Waals surface area contributed by atoms with E-state index in [0.717, 1.165) is 11.8 Å². The Morgan fingerprint density at radius 1 is 0.871 bits per heavy atom. The lowest BCUT2D eigenvalue weighted by Crippen LogP contribution is -2.26. The largest absolute Gasteiger partial charge is 0.346 e. The van der Waals surface area contributed by atoms with Gasteiger partial charge in [0.15, 0.2) is 9.84 Å². The predicted octanol–water partition coefficient (Wildman–Crippen LogP) is 3.97. The smallest absolute Gasteiger partial charge is 0.255 e. The van der Waals surface area contributed by atoms with Crippen LogP contribution in [0.4, 0.5) is 10.1 Å². The van der Waals surface area contributed by atoms with Crippen molar-refractivity contribution in [3.8, 4) is 0 Å². The first-order chi connectivity index (χ1) is 14.6. The number of sulfone groups is 1. The van der Waals surface area contributed by atoms with E-state index in [0.29, 0.717) is 11.3 Å². The zero-order valence-corrected chi connectivity index (χ0v) is 17.7. The molecule has 0 bridgehead atoms. The van der Waals surface area contributed by atoms with E-state index in [2.05, 4.69) is 10.6 Å². The van der Waals surface area contributed by atoms with Gasteiger partial charge in [0.1, 0.15) is 5.82 Å². The maximum Gasteiger partial charge on any atom is 0.255 e. The van der Waals surface area contributed by atoms with Gasteiger partial charge in [-0.1, -0.05) is 18.2 Å². The molecule has 0 spiro atoms. The van der Waals surface area contributed by atoms with Gasteiger partial charge in [-0.3, -0.25) is 9.59 Å². The summed E-state index contributed by atoms with van der Waals surface area (Å²) >= 11 is 0. The number of rotatable bonds is 6. The Kier molecular flexibility index (Phi) is 6.50. The number of carbonyl (C=O) groups excluding carboxylic acids is 2. The van der Waals surface area contributed by atoms with Crippen molar-refractivity contribution in [3.63, 3.8) is 0 Å². The van der Waals surface area contributed by atoms with Crippen molar-refractivity contribution in [2.75, 3.05) is 11.6 Å². The summed E-state index contributed by atoms with van der Waals surface area (Å²) in [6.45, 7) is 1.80. The van der Waals surface area contributed by atoms with E-state index < -0.39 is 21.6 Å². The molecule has 0 saturated carbocycles. The van der Waals surface area contributed by atoms with Gasteiger partial charge in [0, 0.05) is 23.1 Å². The van der Waals surface area contributed by atoms with Gasteiger partial charge in [0.05, 0.1) is 10.9 Å². The quantitative estimate of drug-likeness (QED) is 0.607. The molecule has 8 heteroatoms. The van der Waals surface area contributed by atoms with Crippen LogP contribution < -0.4 is 10.6 Å². The van der Waals surface area contributed by atoms with Gasteiger partial charge in [0.2, 0.25) is 0 Å². The van der Waals surface area contributed by atoms with Gasteiger partial charge in [-0.15, -0.1) is 0 Å². The Hall–Kier alpha value is -3.52. The second-order valence-corrected chi connectivity index (χ2v) is 9.09. The monoisotopic (exact) mass is 440 g/mol. The Morgan fingerprint density at radius 2 is 1.52 bits per heavy atom. The summed E-state index contributed by atoms with van der Waals surface area (Å²) in [7, 11) is -3.41. The molecule has 0 aliphatic carbocycles. The van der Waals surface area contributed by atoms with E-state index in [-0.39, 0.29) is 22.4 Å². The molecular formula is C23H21FN2O4S. The average Bonchev–Trinajstić information content (AvgIpc) is 2.74. The van der Waals surface area contributed by atoms with Gasteiger partial charge in [-0.05, 0) is 67.1 Å². The van der Waals surface area contributed by atoms with Gasteiger partial charge in [-0.25, -0.2) is 12.8 Å². The fourth-order valence-electron chi connectivity index (χ4n) is 2.89. The van der Waals surface area contributed by atoms with Crippen molar-refractivity contribution >= 4 is 27.3 Å². The molecule has 2 N–H and O–H groups in total. The highest BCUT2D eigenvalue weighted by Crippen LogP contribution is 2.18. The van der Waals surface area contributed by atoms with Crippen molar-refractivity contribution in [3.05, 3.63) is 95.3 Å². The summed E-state index contributed by atoms with van der Waals surface area (Å²) in [5, 5.41) is 5.55. The lowest BCUT2D eigenvalue weighted by Gasteiger charge is -2.15. The lowest BCUT2D eigenvalue weighted by atomic mass is 10.1. The van der Waals surface area contributed by atoms with Crippen molar-refractivity contribution in [1.29, 1.82) is 0 Å². The molecule has 1 atom stereocenters. The third-order valence-corrected chi connectivity index (χ3v) is 5.76. The van der Waals surface area contributed by atoms with Gasteiger partial charge in [0.25, 0.3) is 11.8 Å². The van der Waals surface area contributed by atoms with Crippen LogP contribution in [0, 0.1) is 5.82 Å². The van der Waals surface area contributed by atoms with E-state index in [4.69, 9.17) is 0 Å². The molecular weight excluding hydrogens is 419 g/mol. The van der Waals surface area contributed by atoms with Crippen LogP contribution in [0.3, 0.4) is 0 Å². The highest BCUT2D eigenvalue weighted by molar-refractivity contribution is 7.90. The maximum atomic E-state index is 13.0. The van der Waals surface area contributed by atoms with E-state index in [1.54, 1.807) is 37.3 Å². The van der Waals surface area contributed by atoms with Crippen molar-refractivity contribution in [2.45, 2.75) is 17.9 Å². The zero-order valence-electron chi connectivity index (χ0n) is 16.9. The van der Waals surface area contributed by atoms with Crippen molar-refractivity contribution in [2.24, 2.45) is 0 Å². The third-order valence-electron chi connectivity index (χ3n) is 4.65. The molecule has 0 radical (unpaired) electrons. The van der Waals surface area contributed by atoms with Crippen LogP contribution in [0.25, 0.3) is 0 Å². The number of hydrogen-bond donors (Lipinski definition) is 2. The SMILES string of the molecule is CC(NC(=O)c1cccc(S(C)(=O)=O)c1)c1ccc(NC(=O)c2ccc(F)cc2)cc1. The molecule has 0 aliphatic rings. The fourth-order valence-corrected chi connectivity index (χ4v) is 3.56. The second kappa shape index (κ2) is 9.09. The van der Waals surface area contributed by atoms with E-state index in [1.165, 1.54) is 42.5 Å². The summed E-state index contributed by atoms with van der Waals surface area (Å²) < 4.78 is 36.4. The summed E-state index contributed by atoms with van der Waals surface area (Å²) in [5.74, 6) is -1.17. The second-order valence-electron chi connectivity index (χ2n) is 7.08. The summed E-state index contributed by atoms with van der Waals surface area (Å²) in [6, 6.07) is 17.6. The first-order valence-electron chi connectivity index (χ1n) is 9.41. The number of nitrogens with one attached hydrogen (secondary N) is 2. The predicted molar refractivity (Wildman–Crippen MR) is 116 cm³/mol. The summed E-state index contributed by atoms with van der Waals surface area (Å²) in [6.07, 6.45) is 1.09. The minimum atomic E-state index is -3.41. The number of benzene rings is 3. The molecule has 3 aromatic carbocycles. The molecule has 3 rings (SSSR count). The minimum Gasteiger partial charge on any atom is -0.346 e. The van der Waals surface area contributed by atoms with Gasteiger partial charge in [-0.2, -0.15) is 0 Å². The molecule has 160 valence electrons. The topological polar surface area (TPSA) is 92.3 Å². The first kappa shape index (κ1) is 22.2. The van der Waals surface area contributed by atoms with Gasteiger partial charge >= 0.3 is 0 Å². The normalized spacial score (nSPS) is 12.1. The molecule has 0 fully saturated rings. The molecule has 3 aromatic rings. The van der Waals surface area contributed by atoms with E-state index >= 15 is 0 Å². The number of halogens is 1. The summed E-state index contributed by atoms with van der Waals surface area (Å²) in [5.41, 5.74) is 1.94. The van der Waals surface area contributed by atoms with Crippen LogP contribution in [0.15, 0.2) is 77.7 Å². The number of hydrogen-bond acceptors (Lipinski definition) is 4. The van der Waals surface area contributed by atoms with Crippen LogP contribution in [-0.4, -0.2) is 26.5 Å². The van der Waals surface area contributed by atoms with Crippen LogP contribution in [-0.2, 0) is 9.84 Å². The van der Waals surface area contributed by atoms with Crippen molar-refractivity contribution in [1.82, 2.24) is 5.32 Å². The molecule has 2 amide bonds. The number of carbonyl (C=O) groups is 2. The lowest BCUT2D eigenvalue weighted by molar-refractivity contribution is 0.0939. The molecule has 31 heavy (non-hydrogen) atoms. The van der Waals surface area contributed by atoms with Crippen molar-refractivity contribution < 1.29 is 22.4 Å². The molecule has 0 aliphatic heterocycles. The summed E-state index contributed by atoms with van der Waals surface area (Å²) in [4.78, 5) is 24.8. The first-order valence-corrected chi connectivity index (χ1v) is 11.3. The highest BCUT2D eigenvalue weighted by atomic mass is 32.2.